The third-order valence-corrected chi connectivity index (χ3v) is 2.34. The Morgan fingerprint density at radius 3 is 3.00 bits per heavy atom. The van der Waals surface area contributed by atoms with Crippen LogP contribution in [0.5, 0.6) is 0 Å². The van der Waals surface area contributed by atoms with Gasteiger partial charge in [0.1, 0.15) is 5.82 Å². The van der Waals surface area contributed by atoms with Crippen LogP contribution >= 0.6 is 0 Å². The van der Waals surface area contributed by atoms with Crippen LogP contribution in [-0.2, 0) is 6.42 Å². The van der Waals surface area contributed by atoms with E-state index in [1.165, 1.54) is 0 Å². The Kier molecular flexibility index (Phi) is 2.50. The normalized spacial score (nSPS) is 11.0. The highest BCUT2D eigenvalue weighted by Gasteiger charge is 2.03. The van der Waals surface area contributed by atoms with E-state index in [1.807, 2.05) is 12.1 Å². The first-order chi connectivity index (χ1) is 6.81. The fourth-order valence-electron chi connectivity index (χ4n) is 1.64. The predicted molar refractivity (Wildman–Crippen MR) is 55.6 cm³/mol. The van der Waals surface area contributed by atoms with Crippen molar-refractivity contribution in [3.05, 3.63) is 35.8 Å². The fraction of sp³-hybridized carbons (Fsp3) is 0.273. The minimum Gasteiger partial charge on any atom is -0.359 e. The lowest BCUT2D eigenvalue weighted by molar-refractivity contribution is 0.634. The van der Waals surface area contributed by atoms with E-state index in [4.69, 9.17) is 5.73 Å². The molecule has 0 aliphatic carbocycles. The summed E-state index contributed by atoms with van der Waals surface area (Å²) in [5.74, 6) is -0.181. The molecule has 0 aliphatic rings. The van der Waals surface area contributed by atoms with Crippen molar-refractivity contribution in [1.82, 2.24) is 4.98 Å². The predicted octanol–water partition coefficient (Wildman–Crippen LogP) is 2.20. The van der Waals surface area contributed by atoms with Crippen molar-refractivity contribution in [1.29, 1.82) is 0 Å². The topological polar surface area (TPSA) is 41.8 Å². The molecule has 0 aliphatic heterocycles. The molecule has 14 heavy (non-hydrogen) atoms. The van der Waals surface area contributed by atoms with Crippen molar-refractivity contribution in [2.75, 3.05) is 6.54 Å². The summed E-state index contributed by atoms with van der Waals surface area (Å²) in [4.78, 5) is 2.87. The van der Waals surface area contributed by atoms with E-state index in [2.05, 4.69) is 4.98 Å². The van der Waals surface area contributed by atoms with Crippen LogP contribution in [0, 0.1) is 5.82 Å². The number of aromatic nitrogens is 1. The van der Waals surface area contributed by atoms with E-state index < -0.39 is 0 Å². The lowest BCUT2D eigenvalue weighted by atomic mass is 10.1. The Hall–Kier alpha value is -1.35. The highest BCUT2D eigenvalue weighted by Crippen LogP contribution is 2.19. The first-order valence-electron chi connectivity index (χ1n) is 4.77. The number of nitrogens with one attached hydrogen (secondary N) is 1. The van der Waals surface area contributed by atoms with Gasteiger partial charge in [0, 0.05) is 11.6 Å². The quantitative estimate of drug-likeness (QED) is 0.769. The second-order valence-electron chi connectivity index (χ2n) is 3.41. The molecule has 2 rings (SSSR count). The Morgan fingerprint density at radius 2 is 2.21 bits per heavy atom. The first-order valence-corrected chi connectivity index (χ1v) is 4.77. The molecule has 1 aromatic heterocycles. The Bertz CT molecular complexity index is 434. The maximum atomic E-state index is 13.4. The van der Waals surface area contributed by atoms with Gasteiger partial charge in [0.15, 0.2) is 0 Å². The molecule has 2 aromatic rings. The molecule has 0 atom stereocenters. The summed E-state index contributed by atoms with van der Waals surface area (Å²) in [5, 5.41) is 0.928. The number of hydrogen-bond donors (Lipinski definition) is 2. The molecule has 74 valence electrons. The number of benzene rings is 1. The summed E-state index contributed by atoms with van der Waals surface area (Å²) >= 11 is 0. The van der Waals surface area contributed by atoms with Gasteiger partial charge >= 0.3 is 0 Å². The maximum Gasteiger partial charge on any atom is 0.147 e. The zero-order chi connectivity index (χ0) is 9.97. The highest BCUT2D eigenvalue weighted by atomic mass is 19.1. The summed E-state index contributed by atoms with van der Waals surface area (Å²) < 4.78 is 13.4. The number of fused-ring (bicyclic) bond motifs is 1. The molecule has 0 amide bonds. The molecule has 0 fully saturated rings. The van der Waals surface area contributed by atoms with Gasteiger partial charge in [0.2, 0.25) is 0 Å². The van der Waals surface area contributed by atoms with E-state index in [0.717, 1.165) is 23.8 Å². The Balaban J connectivity index is 2.38. The maximum absolute atomic E-state index is 13.4. The lowest BCUT2D eigenvalue weighted by Gasteiger charge is -2.01. The van der Waals surface area contributed by atoms with Gasteiger partial charge in [-0.05, 0) is 43.1 Å². The van der Waals surface area contributed by atoms with E-state index in [1.54, 1.807) is 12.3 Å². The summed E-state index contributed by atoms with van der Waals surface area (Å²) in [6.07, 6.45) is 3.49. The molecule has 0 radical (unpaired) electrons. The number of nitrogens with two attached hydrogens (primary N) is 1. The molecule has 0 bridgehead atoms. The van der Waals surface area contributed by atoms with Crippen LogP contribution in [-0.4, -0.2) is 11.5 Å². The summed E-state index contributed by atoms with van der Waals surface area (Å²) in [6, 6.07) is 5.46. The van der Waals surface area contributed by atoms with Crippen molar-refractivity contribution >= 4 is 10.9 Å². The molecule has 1 aromatic carbocycles. The van der Waals surface area contributed by atoms with Gasteiger partial charge in [-0.3, -0.25) is 0 Å². The Labute approximate surface area is 81.9 Å². The number of rotatable bonds is 3. The van der Waals surface area contributed by atoms with Crippen LogP contribution in [0.15, 0.2) is 24.4 Å². The van der Waals surface area contributed by atoms with Crippen LogP contribution < -0.4 is 5.73 Å². The standard InChI is InChI=1S/C11H13FN2/c12-10-7-8(2-1-4-13)6-9-3-5-14-11(9)10/h3,5-7,14H,1-2,4,13H2. The van der Waals surface area contributed by atoms with Crippen molar-refractivity contribution in [3.63, 3.8) is 0 Å². The molecule has 1 heterocycles. The molecular formula is C11H13FN2. The molecule has 0 spiro atoms. The third-order valence-electron chi connectivity index (χ3n) is 2.34. The van der Waals surface area contributed by atoms with Gasteiger partial charge in [-0.25, -0.2) is 4.39 Å². The van der Waals surface area contributed by atoms with E-state index in [-0.39, 0.29) is 5.82 Å². The molecular weight excluding hydrogens is 179 g/mol. The molecule has 3 N–H and O–H groups in total. The number of H-pyrrole nitrogens is 1. The molecule has 2 nitrogen and oxygen atoms in total. The van der Waals surface area contributed by atoms with Crippen molar-refractivity contribution < 1.29 is 4.39 Å². The molecule has 0 saturated heterocycles. The van der Waals surface area contributed by atoms with Crippen LogP contribution in [0.4, 0.5) is 4.39 Å². The highest BCUT2D eigenvalue weighted by molar-refractivity contribution is 5.80. The van der Waals surface area contributed by atoms with Crippen molar-refractivity contribution in [2.24, 2.45) is 5.73 Å². The molecule has 3 heteroatoms. The van der Waals surface area contributed by atoms with Crippen LogP contribution in [0.25, 0.3) is 10.9 Å². The van der Waals surface area contributed by atoms with E-state index in [9.17, 15) is 4.39 Å². The van der Waals surface area contributed by atoms with Crippen LogP contribution in [0.2, 0.25) is 0 Å². The average molecular weight is 192 g/mol. The van der Waals surface area contributed by atoms with E-state index in [0.29, 0.717) is 12.1 Å². The first kappa shape index (κ1) is 9.21. The smallest absolute Gasteiger partial charge is 0.147 e. The number of aryl methyl sites for hydroxylation is 1. The van der Waals surface area contributed by atoms with Crippen LogP contribution in [0.3, 0.4) is 0 Å². The minimum absolute atomic E-state index is 0.181. The third kappa shape index (κ3) is 1.63. The summed E-state index contributed by atoms with van der Waals surface area (Å²) in [7, 11) is 0. The van der Waals surface area contributed by atoms with Crippen molar-refractivity contribution in [2.45, 2.75) is 12.8 Å². The van der Waals surface area contributed by atoms with Crippen LogP contribution in [0.1, 0.15) is 12.0 Å². The molecule has 0 unspecified atom stereocenters. The number of hydrogen-bond acceptors (Lipinski definition) is 1. The largest absolute Gasteiger partial charge is 0.359 e. The zero-order valence-electron chi connectivity index (χ0n) is 7.89. The monoisotopic (exact) mass is 192 g/mol. The summed E-state index contributed by atoms with van der Waals surface area (Å²) in [5.41, 5.74) is 7.01. The van der Waals surface area contributed by atoms with E-state index >= 15 is 0 Å². The number of halogens is 1. The SMILES string of the molecule is NCCCc1cc(F)c2[nH]ccc2c1. The molecule has 0 saturated carbocycles. The van der Waals surface area contributed by atoms with Gasteiger partial charge < -0.3 is 10.7 Å². The van der Waals surface area contributed by atoms with Gasteiger partial charge in [0.05, 0.1) is 5.52 Å². The second kappa shape index (κ2) is 3.80. The Morgan fingerprint density at radius 1 is 1.36 bits per heavy atom. The van der Waals surface area contributed by atoms with Gasteiger partial charge in [-0.2, -0.15) is 0 Å². The van der Waals surface area contributed by atoms with Gasteiger partial charge in [-0.1, -0.05) is 0 Å². The minimum atomic E-state index is -0.181. The fourth-order valence-corrected chi connectivity index (χ4v) is 1.64. The number of aromatic amines is 1. The summed E-state index contributed by atoms with van der Waals surface area (Å²) in [6.45, 7) is 0.646. The van der Waals surface area contributed by atoms with Gasteiger partial charge in [-0.15, -0.1) is 0 Å². The van der Waals surface area contributed by atoms with Crippen molar-refractivity contribution in [3.8, 4) is 0 Å². The second-order valence-corrected chi connectivity index (χ2v) is 3.41. The zero-order valence-corrected chi connectivity index (χ0v) is 7.89. The average Bonchev–Trinajstić information content (AvgIpc) is 2.63. The van der Waals surface area contributed by atoms with Gasteiger partial charge in [0.25, 0.3) is 0 Å². The lowest BCUT2D eigenvalue weighted by Crippen LogP contribution is -2.00.